The highest BCUT2D eigenvalue weighted by Crippen LogP contribution is 2.47. The molecule has 29 heavy (non-hydrogen) atoms. The fourth-order valence-corrected chi connectivity index (χ4v) is 4.53. The Labute approximate surface area is 171 Å². The number of hydrogen-bond acceptors (Lipinski definition) is 5. The van der Waals surface area contributed by atoms with Crippen molar-refractivity contribution in [1.29, 1.82) is 0 Å². The van der Waals surface area contributed by atoms with Crippen LogP contribution in [0.3, 0.4) is 0 Å². The third kappa shape index (κ3) is 3.45. The zero-order chi connectivity index (χ0) is 20.0. The Balaban J connectivity index is 1.31. The standard InChI is InChI=1S/C21H29N7O/c1-15-3-5-16(6-4-15)27-13-17(23-14-27)21(8-9-21)25-19-22-10-7-18(24-19)28-12-11-26(2)20(28)29/h7,10,13-16H,3-6,8-9,11-12H2,1-2H3,(H,22,24,25). The summed E-state index contributed by atoms with van der Waals surface area (Å²) in [4.78, 5) is 29.4. The SMILES string of the molecule is CC1CCC(n2cnc(C3(Nc4nccc(N5CCN(C)C5=O)n4)CC3)c2)CC1. The maximum atomic E-state index is 12.3. The van der Waals surface area contributed by atoms with Crippen LogP contribution in [0.1, 0.15) is 57.2 Å². The topological polar surface area (TPSA) is 79.2 Å². The van der Waals surface area contributed by atoms with Gasteiger partial charge in [-0.1, -0.05) is 6.92 Å². The summed E-state index contributed by atoms with van der Waals surface area (Å²) in [6, 6.07) is 2.35. The first-order valence-corrected chi connectivity index (χ1v) is 10.7. The lowest BCUT2D eigenvalue weighted by molar-refractivity contribution is 0.229. The Hall–Kier alpha value is -2.64. The monoisotopic (exact) mass is 395 g/mol. The lowest BCUT2D eigenvalue weighted by Gasteiger charge is -2.27. The van der Waals surface area contributed by atoms with Crippen LogP contribution in [0, 0.1) is 5.92 Å². The Morgan fingerprint density at radius 3 is 2.62 bits per heavy atom. The molecule has 2 amide bonds. The molecular formula is C21H29N7O. The number of nitrogens with zero attached hydrogens (tertiary/aromatic N) is 6. The average Bonchev–Trinajstić information content (AvgIpc) is 3.18. The van der Waals surface area contributed by atoms with Gasteiger partial charge in [0.15, 0.2) is 0 Å². The van der Waals surface area contributed by atoms with Gasteiger partial charge in [0.05, 0.1) is 17.6 Å². The van der Waals surface area contributed by atoms with Crippen molar-refractivity contribution in [3.63, 3.8) is 0 Å². The highest BCUT2D eigenvalue weighted by molar-refractivity contribution is 5.93. The van der Waals surface area contributed by atoms with Crippen LogP contribution in [0.15, 0.2) is 24.8 Å². The molecule has 154 valence electrons. The smallest absolute Gasteiger partial charge is 0.325 e. The van der Waals surface area contributed by atoms with E-state index in [1.54, 1.807) is 22.1 Å². The van der Waals surface area contributed by atoms with Crippen molar-refractivity contribution in [3.8, 4) is 0 Å². The molecule has 0 spiro atoms. The van der Waals surface area contributed by atoms with Crippen molar-refractivity contribution in [2.75, 3.05) is 30.4 Å². The molecule has 1 aliphatic heterocycles. The maximum absolute atomic E-state index is 12.3. The molecule has 3 aliphatic rings. The molecule has 1 N–H and O–H groups in total. The molecule has 2 aromatic heterocycles. The zero-order valence-electron chi connectivity index (χ0n) is 17.2. The van der Waals surface area contributed by atoms with E-state index in [-0.39, 0.29) is 11.6 Å². The number of anilines is 2. The van der Waals surface area contributed by atoms with Crippen molar-refractivity contribution >= 4 is 17.8 Å². The molecule has 8 heteroatoms. The molecule has 8 nitrogen and oxygen atoms in total. The summed E-state index contributed by atoms with van der Waals surface area (Å²) in [6.45, 7) is 3.72. The van der Waals surface area contributed by atoms with E-state index in [1.807, 2.05) is 13.4 Å². The number of hydrogen-bond donors (Lipinski definition) is 1. The molecule has 3 fully saturated rings. The minimum Gasteiger partial charge on any atom is -0.343 e. The summed E-state index contributed by atoms with van der Waals surface area (Å²) >= 11 is 0. The quantitative estimate of drug-likeness (QED) is 0.839. The van der Waals surface area contributed by atoms with E-state index in [0.29, 0.717) is 30.9 Å². The van der Waals surface area contributed by atoms with Crippen molar-refractivity contribution < 1.29 is 4.79 Å². The van der Waals surface area contributed by atoms with E-state index >= 15 is 0 Å². The number of urea groups is 1. The highest BCUT2D eigenvalue weighted by Gasteiger charge is 2.47. The number of nitrogens with one attached hydrogen (secondary N) is 1. The summed E-state index contributed by atoms with van der Waals surface area (Å²) < 4.78 is 2.30. The van der Waals surface area contributed by atoms with Gasteiger partial charge in [0.25, 0.3) is 0 Å². The number of likely N-dealkylation sites (N-methyl/N-ethyl adjacent to an activating group) is 1. The van der Waals surface area contributed by atoms with Gasteiger partial charge in [-0.05, 0) is 50.5 Å². The Morgan fingerprint density at radius 2 is 1.93 bits per heavy atom. The molecule has 0 atom stereocenters. The van der Waals surface area contributed by atoms with E-state index in [1.165, 1.54) is 25.7 Å². The molecule has 2 aromatic rings. The summed E-state index contributed by atoms with van der Waals surface area (Å²) in [5, 5.41) is 3.51. The van der Waals surface area contributed by atoms with Crippen LogP contribution < -0.4 is 10.2 Å². The van der Waals surface area contributed by atoms with E-state index in [0.717, 1.165) is 24.5 Å². The number of aromatic nitrogens is 4. The van der Waals surface area contributed by atoms with Crippen LogP contribution in [0.5, 0.6) is 0 Å². The number of carbonyl (C=O) groups is 1. The third-order valence-electron chi connectivity index (χ3n) is 6.73. The number of imidazole rings is 1. The average molecular weight is 396 g/mol. The minimum absolute atomic E-state index is 0.0173. The van der Waals surface area contributed by atoms with Crippen LogP contribution in [0.2, 0.25) is 0 Å². The van der Waals surface area contributed by atoms with Gasteiger partial charge < -0.3 is 14.8 Å². The molecule has 0 aromatic carbocycles. The second-order valence-corrected chi connectivity index (χ2v) is 8.92. The lowest BCUT2D eigenvalue weighted by Crippen LogP contribution is -2.30. The van der Waals surface area contributed by atoms with E-state index in [2.05, 4.69) is 33.0 Å². The second kappa shape index (κ2) is 7.00. The zero-order valence-corrected chi connectivity index (χ0v) is 17.2. The van der Waals surface area contributed by atoms with Crippen molar-refractivity contribution in [1.82, 2.24) is 24.4 Å². The molecule has 5 rings (SSSR count). The first kappa shape index (κ1) is 18.4. The fourth-order valence-electron chi connectivity index (χ4n) is 4.53. The van der Waals surface area contributed by atoms with Crippen LogP contribution >= 0.6 is 0 Å². The second-order valence-electron chi connectivity index (χ2n) is 8.92. The van der Waals surface area contributed by atoms with Gasteiger partial charge in [-0.25, -0.2) is 14.8 Å². The normalized spacial score (nSPS) is 26.1. The van der Waals surface area contributed by atoms with Crippen LogP contribution in [0.4, 0.5) is 16.6 Å². The molecular weight excluding hydrogens is 366 g/mol. The maximum Gasteiger partial charge on any atom is 0.325 e. The van der Waals surface area contributed by atoms with Crippen LogP contribution in [-0.2, 0) is 5.54 Å². The summed E-state index contributed by atoms with van der Waals surface area (Å²) in [6.07, 6.45) is 13.0. The van der Waals surface area contributed by atoms with E-state index in [4.69, 9.17) is 4.98 Å². The fraction of sp³-hybridized carbons (Fsp3) is 0.619. The Bertz CT molecular complexity index is 898. The largest absolute Gasteiger partial charge is 0.343 e. The van der Waals surface area contributed by atoms with Crippen molar-refractivity contribution in [2.45, 2.75) is 57.0 Å². The van der Waals surface area contributed by atoms with E-state index < -0.39 is 0 Å². The predicted molar refractivity (Wildman–Crippen MR) is 111 cm³/mol. The van der Waals surface area contributed by atoms with Crippen molar-refractivity contribution in [3.05, 3.63) is 30.5 Å². The Kier molecular flexibility index (Phi) is 4.44. The van der Waals surface area contributed by atoms with Gasteiger partial charge in [0.1, 0.15) is 5.82 Å². The van der Waals surface area contributed by atoms with Crippen molar-refractivity contribution in [2.24, 2.45) is 5.92 Å². The number of carbonyl (C=O) groups excluding carboxylic acids is 1. The summed E-state index contributed by atoms with van der Waals surface area (Å²) in [5.74, 6) is 2.05. The summed E-state index contributed by atoms with van der Waals surface area (Å²) in [7, 11) is 1.81. The first-order chi connectivity index (χ1) is 14.0. The molecule has 2 aliphatic carbocycles. The Morgan fingerprint density at radius 1 is 1.14 bits per heavy atom. The van der Waals surface area contributed by atoms with Crippen LogP contribution in [-0.4, -0.2) is 50.6 Å². The molecule has 2 saturated carbocycles. The molecule has 3 heterocycles. The summed E-state index contributed by atoms with van der Waals surface area (Å²) in [5.41, 5.74) is 0.889. The number of amides is 2. The minimum atomic E-state index is -0.183. The van der Waals surface area contributed by atoms with Gasteiger partial charge in [0, 0.05) is 38.6 Å². The molecule has 0 bridgehead atoms. The van der Waals surface area contributed by atoms with Gasteiger partial charge in [-0.15, -0.1) is 0 Å². The van der Waals surface area contributed by atoms with E-state index in [9.17, 15) is 4.79 Å². The van der Waals surface area contributed by atoms with Crippen LogP contribution in [0.25, 0.3) is 0 Å². The number of rotatable bonds is 5. The van der Waals surface area contributed by atoms with Gasteiger partial charge >= 0.3 is 6.03 Å². The lowest BCUT2D eigenvalue weighted by atomic mass is 9.87. The molecule has 1 saturated heterocycles. The van der Waals surface area contributed by atoms with Gasteiger partial charge in [0.2, 0.25) is 5.95 Å². The molecule has 0 unspecified atom stereocenters. The third-order valence-corrected chi connectivity index (χ3v) is 6.73. The first-order valence-electron chi connectivity index (χ1n) is 10.7. The highest BCUT2D eigenvalue weighted by atomic mass is 16.2. The van der Waals surface area contributed by atoms with Gasteiger partial charge in [-0.2, -0.15) is 4.98 Å². The van der Waals surface area contributed by atoms with Gasteiger partial charge in [-0.3, -0.25) is 4.90 Å². The molecule has 0 radical (unpaired) electrons. The predicted octanol–water partition coefficient (Wildman–Crippen LogP) is 3.40.